The lowest BCUT2D eigenvalue weighted by Crippen LogP contribution is -2.33. The first-order valence-electron chi connectivity index (χ1n) is 5.31. The molecule has 1 N–H and O–H groups in total. The molecular weight excluding hydrogens is 208 g/mol. The van der Waals surface area contributed by atoms with Gasteiger partial charge in [-0.1, -0.05) is 11.8 Å². The largest absolute Gasteiger partial charge is 0.469 e. The summed E-state index contributed by atoms with van der Waals surface area (Å²) in [5, 5.41) is 4.49. The topological polar surface area (TPSA) is 37.5 Å². The highest BCUT2D eigenvalue weighted by Gasteiger charge is 2.10. The Hall–Kier alpha value is -0.900. The summed E-state index contributed by atoms with van der Waals surface area (Å²) in [7, 11) is 0. The molecule has 1 aromatic rings. The van der Waals surface area contributed by atoms with Crippen LogP contribution in [0.5, 0.6) is 0 Å². The van der Waals surface area contributed by atoms with Crippen molar-refractivity contribution >= 4 is 16.9 Å². The molecule has 0 saturated carbocycles. The van der Waals surface area contributed by atoms with E-state index in [4.69, 9.17) is 4.42 Å². The molecule has 0 amide bonds. The van der Waals surface area contributed by atoms with Crippen LogP contribution in [0.15, 0.2) is 27.8 Å². The molecule has 1 atom stereocenters. The second kappa shape index (κ2) is 5.26. The van der Waals surface area contributed by atoms with Gasteiger partial charge < -0.3 is 9.73 Å². The van der Waals surface area contributed by atoms with Crippen molar-refractivity contribution < 1.29 is 4.42 Å². The minimum absolute atomic E-state index is 0.375. The molecule has 1 aliphatic rings. The lowest BCUT2D eigenvalue weighted by molar-refractivity contribution is 0.482. The smallest absolute Gasteiger partial charge is 0.156 e. The van der Waals surface area contributed by atoms with Crippen LogP contribution in [0.2, 0.25) is 0 Å². The SMILES string of the molecule is CC(Cc1ccco1)NC1=NCCCS1. The van der Waals surface area contributed by atoms with E-state index in [0.717, 1.165) is 23.9 Å². The fourth-order valence-electron chi connectivity index (χ4n) is 1.54. The van der Waals surface area contributed by atoms with Crippen LogP contribution in [0, 0.1) is 0 Å². The van der Waals surface area contributed by atoms with E-state index in [0.29, 0.717) is 6.04 Å². The van der Waals surface area contributed by atoms with Gasteiger partial charge in [0.25, 0.3) is 0 Å². The highest BCUT2D eigenvalue weighted by atomic mass is 32.2. The molecular formula is C11H16N2OS. The first-order valence-corrected chi connectivity index (χ1v) is 6.29. The van der Waals surface area contributed by atoms with Gasteiger partial charge in [-0.15, -0.1) is 0 Å². The van der Waals surface area contributed by atoms with Crippen molar-refractivity contribution in [2.24, 2.45) is 4.99 Å². The van der Waals surface area contributed by atoms with E-state index >= 15 is 0 Å². The Kier molecular flexibility index (Phi) is 3.72. The van der Waals surface area contributed by atoms with Crippen molar-refractivity contribution in [2.75, 3.05) is 12.3 Å². The van der Waals surface area contributed by atoms with E-state index in [1.807, 2.05) is 23.9 Å². The number of rotatable bonds is 3. The van der Waals surface area contributed by atoms with Crippen LogP contribution < -0.4 is 5.32 Å². The Morgan fingerprint density at radius 1 is 1.67 bits per heavy atom. The molecule has 0 radical (unpaired) electrons. The van der Waals surface area contributed by atoms with E-state index in [1.54, 1.807) is 6.26 Å². The van der Waals surface area contributed by atoms with Crippen LogP contribution in [0.25, 0.3) is 0 Å². The van der Waals surface area contributed by atoms with E-state index in [9.17, 15) is 0 Å². The van der Waals surface area contributed by atoms with Crippen LogP contribution in [0.4, 0.5) is 0 Å². The third-order valence-corrected chi connectivity index (χ3v) is 3.27. The molecule has 3 nitrogen and oxygen atoms in total. The quantitative estimate of drug-likeness (QED) is 0.856. The summed E-state index contributed by atoms with van der Waals surface area (Å²) in [6, 6.07) is 4.31. The van der Waals surface area contributed by atoms with Gasteiger partial charge in [-0.3, -0.25) is 4.99 Å². The van der Waals surface area contributed by atoms with Gasteiger partial charge in [0.2, 0.25) is 0 Å². The van der Waals surface area contributed by atoms with Gasteiger partial charge in [-0.2, -0.15) is 0 Å². The second-order valence-electron chi connectivity index (χ2n) is 3.72. The normalized spacial score (nSPS) is 18.3. The lowest BCUT2D eigenvalue weighted by Gasteiger charge is -2.17. The predicted octanol–water partition coefficient (Wildman–Crippen LogP) is 2.29. The summed E-state index contributed by atoms with van der Waals surface area (Å²) >= 11 is 1.81. The van der Waals surface area contributed by atoms with Crippen LogP contribution in [-0.4, -0.2) is 23.5 Å². The number of hydrogen-bond acceptors (Lipinski definition) is 4. The van der Waals surface area contributed by atoms with Crippen molar-refractivity contribution in [3.05, 3.63) is 24.2 Å². The van der Waals surface area contributed by atoms with Crippen LogP contribution >= 0.6 is 11.8 Å². The van der Waals surface area contributed by atoms with Gasteiger partial charge in [-0.05, 0) is 25.5 Å². The molecule has 0 spiro atoms. The maximum absolute atomic E-state index is 5.31. The first kappa shape index (κ1) is 10.6. The van der Waals surface area contributed by atoms with Crippen molar-refractivity contribution in [2.45, 2.75) is 25.8 Å². The highest BCUT2D eigenvalue weighted by molar-refractivity contribution is 8.13. The minimum atomic E-state index is 0.375. The molecule has 2 heterocycles. The summed E-state index contributed by atoms with van der Waals surface area (Å²) in [6.45, 7) is 3.11. The van der Waals surface area contributed by atoms with Crippen molar-refractivity contribution in [1.29, 1.82) is 0 Å². The molecule has 1 aliphatic heterocycles. The van der Waals surface area contributed by atoms with Crippen molar-refractivity contribution in [1.82, 2.24) is 5.32 Å². The molecule has 82 valence electrons. The number of amidine groups is 1. The monoisotopic (exact) mass is 224 g/mol. The van der Waals surface area contributed by atoms with Crippen molar-refractivity contribution in [3.8, 4) is 0 Å². The molecule has 0 aromatic carbocycles. The number of hydrogen-bond donors (Lipinski definition) is 1. The van der Waals surface area contributed by atoms with E-state index in [1.165, 1.54) is 12.2 Å². The first-order chi connectivity index (χ1) is 7.34. The van der Waals surface area contributed by atoms with Crippen LogP contribution in [0.3, 0.4) is 0 Å². The Bertz CT molecular complexity index is 321. The van der Waals surface area contributed by atoms with Gasteiger partial charge in [0.15, 0.2) is 5.17 Å². The van der Waals surface area contributed by atoms with Gasteiger partial charge in [0.05, 0.1) is 6.26 Å². The average Bonchev–Trinajstić information content (AvgIpc) is 2.71. The highest BCUT2D eigenvalue weighted by Crippen LogP contribution is 2.12. The number of aliphatic imine (C=N–C) groups is 1. The summed E-state index contributed by atoms with van der Waals surface area (Å²) in [4.78, 5) is 4.44. The Morgan fingerprint density at radius 2 is 2.60 bits per heavy atom. The molecule has 0 bridgehead atoms. The van der Waals surface area contributed by atoms with Gasteiger partial charge in [-0.25, -0.2) is 0 Å². The molecule has 0 fully saturated rings. The Balaban J connectivity index is 1.81. The van der Waals surface area contributed by atoms with Crippen molar-refractivity contribution in [3.63, 3.8) is 0 Å². The lowest BCUT2D eigenvalue weighted by atomic mass is 10.2. The molecule has 0 saturated heterocycles. The third-order valence-electron chi connectivity index (χ3n) is 2.25. The second-order valence-corrected chi connectivity index (χ2v) is 4.80. The van der Waals surface area contributed by atoms with Gasteiger partial charge in [0, 0.05) is 24.8 Å². The van der Waals surface area contributed by atoms with Gasteiger partial charge >= 0.3 is 0 Å². The summed E-state index contributed by atoms with van der Waals surface area (Å²) in [5.41, 5.74) is 0. The number of nitrogens with one attached hydrogen (secondary N) is 1. The van der Waals surface area contributed by atoms with E-state index in [-0.39, 0.29) is 0 Å². The molecule has 2 rings (SSSR count). The third kappa shape index (κ3) is 3.30. The maximum atomic E-state index is 5.31. The molecule has 4 heteroatoms. The molecule has 0 aliphatic carbocycles. The number of thioether (sulfide) groups is 1. The van der Waals surface area contributed by atoms with E-state index in [2.05, 4.69) is 17.2 Å². The molecule has 1 aromatic heterocycles. The molecule has 15 heavy (non-hydrogen) atoms. The Morgan fingerprint density at radius 3 is 3.27 bits per heavy atom. The summed E-state index contributed by atoms with van der Waals surface area (Å²) in [5.74, 6) is 2.20. The Labute approximate surface area is 94.3 Å². The predicted molar refractivity (Wildman–Crippen MR) is 64.4 cm³/mol. The average molecular weight is 224 g/mol. The fourth-order valence-corrected chi connectivity index (χ4v) is 2.47. The zero-order valence-electron chi connectivity index (χ0n) is 8.90. The zero-order chi connectivity index (χ0) is 10.5. The summed E-state index contributed by atoms with van der Waals surface area (Å²) in [6.07, 6.45) is 3.82. The zero-order valence-corrected chi connectivity index (χ0v) is 9.72. The fraction of sp³-hybridized carbons (Fsp3) is 0.545. The summed E-state index contributed by atoms with van der Waals surface area (Å²) < 4.78 is 5.31. The maximum Gasteiger partial charge on any atom is 0.156 e. The minimum Gasteiger partial charge on any atom is -0.469 e. The standard InChI is InChI=1S/C11H16N2OS/c1-9(8-10-4-2-6-14-10)13-11-12-5-3-7-15-11/h2,4,6,9H,3,5,7-8H2,1H3,(H,12,13). The van der Waals surface area contributed by atoms with Crippen LogP contribution in [-0.2, 0) is 6.42 Å². The molecule has 1 unspecified atom stereocenters. The van der Waals surface area contributed by atoms with E-state index < -0.39 is 0 Å². The van der Waals surface area contributed by atoms with Gasteiger partial charge in [0.1, 0.15) is 5.76 Å². The number of furan rings is 1. The number of nitrogens with zero attached hydrogens (tertiary/aromatic N) is 1. The van der Waals surface area contributed by atoms with Crippen LogP contribution in [0.1, 0.15) is 19.1 Å².